The van der Waals surface area contributed by atoms with Gasteiger partial charge in [0.1, 0.15) is 22.9 Å². The molecule has 0 radical (unpaired) electrons. The van der Waals surface area contributed by atoms with Gasteiger partial charge in [0.05, 0.1) is 22.4 Å². The van der Waals surface area contributed by atoms with Gasteiger partial charge in [-0.05, 0) is 56.0 Å². The van der Waals surface area contributed by atoms with Crippen LogP contribution in [0.15, 0.2) is 67.0 Å². The molecule has 4 N–H and O–H groups in total. The standard InChI is InChI=1S/C28H25ClN6O2/c29-21-12-18-10-11-25(37-19-4-2-1-3-5-19)33-22(18)13-20(21)23-15-35-24(26(30)34-23)14-32-28(35)17-8-6-16(7-9-17)27(31)36/h1-5,10-17H,6-9H2,(H2,30,34)(H2,31,36). The topological polar surface area (TPSA) is 121 Å². The summed E-state index contributed by atoms with van der Waals surface area (Å²) in [5.74, 6) is 2.39. The molecule has 0 spiro atoms. The molecule has 9 heteroatoms. The second-order valence-corrected chi connectivity index (χ2v) is 9.83. The van der Waals surface area contributed by atoms with Gasteiger partial charge in [-0.15, -0.1) is 0 Å². The molecule has 5 aromatic rings. The molecule has 3 heterocycles. The minimum absolute atomic E-state index is 0.0653. The van der Waals surface area contributed by atoms with Gasteiger partial charge in [0.2, 0.25) is 11.8 Å². The Labute approximate surface area is 218 Å². The lowest BCUT2D eigenvalue weighted by molar-refractivity contribution is -0.122. The van der Waals surface area contributed by atoms with Crippen molar-refractivity contribution in [2.75, 3.05) is 5.73 Å². The molecule has 1 aliphatic carbocycles. The molecule has 1 aliphatic rings. The summed E-state index contributed by atoms with van der Waals surface area (Å²) in [5.41, 5.74) is 14.7. The number of para-hydroxylation sites is 1. The number of halogens is 1. The van der Waals surface area contributed by atoms with Crippen molar-refractivity contribution >= 4 is 39.7 Å². The zero-order valence-corrected chi connectivity index (χ0v) is 20.7. The highest BCUT2D eigenvalue weighted by Crippen LogP contribution is 2.37. The molecule has 0 saturated heterocycles. The van der Waals surface area contributed by atoms with Crippen LogP contribution >= 0.6 is 11.6 Å². The van der Waals surface area contributed by atoms with Gasteiger partial charge >= 0.3 is 0 Å². The summed E-state index contributed by atoms with van der Waals surface area (Å²) in [6.45, 7) is 0. The molecule has 0 unspecified atom stereocenters. The molecular formula is C28H25ClN6O2. The monoisotopic (exact) mass is 512 g/mol. The van der Waals surface area contributed by atoms with Gasteiger partial charge in [-0.3, -0.25) is 9.20 Å². The highest BCUT2D eigenvalue weighted by molar-refractivity contribution is 6.34. The van der Waals surface area contributed by atoms with Crippen LogP contribution in [-0.4, -0.2) is 25.3 Å². The number of anilines is 1. The normalized spacial score (nSPS) is 17.8. The molecular weight excluding hydrogens is 488 g/mol. The minimum atomic E-state index is -0.223. The summed E-state index contributed by atoms with van der Waals surface area (Å²) >= 11 is 6.71. The Balaban J connectivity index is 1.37. The van der Waals surface area contributed by atoms with Gasteiger partial charge in [-0.2, -0.15) is 0 Å². The van der Waals surface area contributed by atoms with Crippen LogP contribution in [0.25, 0.3) is 27.7 Å². The molecule has 186 valence electrons. The molecule has 1 amide bonds. The Kier molecular flexibility index (Phi) is 5.88. The molecule has 0 aliphatic heterocycles. The Hall–Kier alpha value is -4.17. The maximum absolute atomic E-state index is 11.6. The van der Waals surface area contributed by atoms with Gasteiger partial charge in [-0.1, -0.05) is 29.8 Å². The number of hydrogen-bond acceptors (Lipinski definition) is 6. The molecule has 8 nitrogen and oxygen atoms in total. The van der Waals surface area contributed by atoms with Crippen molar-refractivity contribution in [2.45, 2.75) is 31.6 Å². The first kappa shape index (κ1) is 23.2. The van der Waals surface area contributed by atoms with E-state index in [-0.39, 0.29) is 17.7 Å². The Morgan fingerprint density at radius 1 is 1.03 bits per heavy atom. The molecule has 37 heavy (non-hydrogen) atoms. The van der Waals surface area contributed by atoms with E-state index in [9.17, 15) is 4.79 Å². The van der Waals surface area contributed by atoms with Gasteiger partial charge in [0, 0.05) is 35.0 Å². The van der Waals surface area contributed by atoms with Crippen LogP contribution in [0, 0.1) is 5.92 Å². The lowest BCUT2D eigenvalue weighted by Gasteiger charge is -2.26. The number of nitrogens with two attached hydrogens (primary N) is 2. The molecule has 2 aromatic carbocycles. The summed E-state index contributed by atoms with van der Waals surface area (Å²) < 4.78 is 7.91. The Morgan fingerprint density at radius 3 is 2.57 bits per heavy atom. The summed E-state index contributed by atoms with van der Waals surface area (Å²) in [6, 6.07) is 17.0. The molecule has 1 saturated carbocycles. The number of carbonyl (C=O) groups is 1. The van der Waals surface area contributed by atoms with Crippen LogP contribution in [0.3, 0.4) is 0 Å². The Bertz CT molecular complexity index is 1630. The number of benzene rings is 2. The van der Waals surface area contributed by atoms with E-state index in [2.05, 4.69) is 15.0 Å². The van der Waals surface area contributed by atoms with Crippen LogP contribution in [0.1, 0.15) is 37.4 Å². The molecule has 0 bridgehead atoms. The van der Waals surface area contributed by atoms with E-state index in [0.29, 0.717) is 33.7 Å². The summed E-state index contributed by atoms with van der Waals surface area (Å²) in [7, 11) is 0. The summed E-state index contributed by atoms with van der Waals surface area (Å²) in [6.07, 6.45) is 6.88. The van der Waals surface area contributed by atoms with E-state index in [4.69, 9.17) is 27.8 Å². The average Bonchev–Trinajstić information content (AvgIpc) is 3.34. The fraction of sp³-hybridized carbons (Fsp3) is 0.214. The smallest absolute Gasteiger partial charge is 0.220 e. The number of nitrogens with zero attached hydrogens (tertiary/aromatic N) is 4. The molecule has 1 fully saturated rings. The van der Waals surface area contributed by atoms with Crippen molar-refractivity contribution in [3.8, 4) is 22.9 Å². The minimum Gasteiger partial charge on any atom is -0.439 e. The summed E-state index contributed by atoms with van der Waals surface area (Å²) in [5, 5.41) is 1.43. The van der Waals surface area contributed by atoms with E-state index in [1.54, 1.807) is 6.20 Å². The zero-order chi connectivity index (χ0) is 25.5. The second-order valence-electron chi connectivity index (χ2n) is 9.42. The van der Waals surface area contributed by atoms with Crippen molar-refractivity contribution in [3.63, 3.8) is 0 Å². The lowest BCUT2D eigenvalue weighted by Crippen LogP contribution is -2.27. The number of pyridine rings is 1. The van der Waals surface area contributed by atoms with Crippen molar-refractivity contribution < 1.29 is 9.53 Å². The number of ether oxygens (including phenoxy) is 1. The van der Waals surface area contributed by atoms with Gasteiger partial charge in [0.25, 0.3) is 0 Å². The quantitative estimate of drug-likeness (QED) is 0.310. The fourth-order valence-corrected chi connectivity index (χ4v) is 5.36. The number of primary amides is 1. The molecule has 6 rings (SSSR count). The third-order valence-corrected chi connectivity index (χ3v) is 7.38. The van der Waals surface area contributed by atoms with Crippen molar-refractivity contribution in [2.24, 2.45) is 11.7 Å². The largest absolute Gasteiger partial charge is 0.439 e. The van der Waals surface area contributed by atoms with Crippen LogP contribution in [0.4, 0.5) is 5.82 Å². The number of rotatable bonds is 5. The fourth-order valence-electron chi connectivity index (χ4n) is 5.09. The van der Waals surface area contributed by atoms with Gasteiger partial charge in [0.15, 0.2) is 0 Å². The number of aromatic nitrogens is 4. The predicted octanol–water partition coefficient (Wildman–Crippen LogP) is 5.73. The van der Waals surface area contributed by atoms with Crippen molar-refractivity contribution in [3.05, 3.63) is 77.8 Å². The van der Waals surface area contributed by atoms with E-state index in [1.165, 1.54) is 0 Å². The third-order valence-electron chi connectivity index (χ3n) is 7.07. The number of amides is 1. The van der Waals surface area contributed by atoms with Crippen molar-refractivity contribution in [1.29, 1.82) is 0 Å². The number of hydrogen-bond donors (Lipinski definition) is 2. The number of carbonyl (C=O) groups excluding carboxylic acids is 1. The maximum atomic E-state index is 11.6. The predicted molar refractivity (Wildman–Crippen MR) is 144 cm³/mol. The molecule has 0 atom stereocenters. The van der Waals surface area contributed by atoms with Crippen LogP contribution in [0.5, 0.6) is 11.6 Å². The van der Waals surface area contributed by atoms with Crippen LogP contribution < -0.4 is 16.2 Å². The third kappa shape index (κ3) is 4.44. The lowest BCUT2D eigenvalue weighted by atomic mass is 9.81. The average molecular weight is 513 g/mol. The number of fused-ring (bicyclic) bond motifs is 2. The van der Waals surface area contributed by atoms with Gasteiger partial charge < -0.3 is 16.2 Å². The molecule has 3 aromatic heterocycles. The first-order chi connectivity index (χ1) is 18.0. The second kappa shape index (κ2) is 9.37. The number of nitrogen functional groups attached to an aromatic ring is 1. The van der Waals surface area contributed by atoms with E-state index in [0.717, 1.165) is 47.9 Å². The van der Waals surface area contributed by atoms with Gasteiger partial charge in [-0.25, -0.2) is 15.0 Å². The SMILES string of the molecule is NC(=O)C1CCC(c2ncc3c(N)nc(-c4cc5nc(Oc6ccccc6)ccc5cc4Cl)cn23)CC1. The Morgan fingerprint density at radius 2 is 1.81 bits per heavy atom. The van der Waals surface area contributed by atoms with Crippen LogP contribution in [0.2, 0.25) is 5.02 Å². The highest BCUT2D eigenvalue weighted by atomic mass is 35.5. The summed E-state index contributed by atoms with van der Waals surface area (Å²) in [4.78, 5) is 25.6. The zero-order valence-electron chi connectivity index (χ0n) is 20.0. The van der Waals surface area contributed by atoms with E-state index >= 15 is 0 Å². The van der Waals surface area contributed by atoms with Crippen molar-refractivity contribution in [1.82, 2.24) is 19.4 Å². The van der Waals surface area contributed by atoms with E-state index in [1.807, 2.05) is 65.2 Å². The highest BCUT2D eigenvalue weighted by Gasteiger charge is 2.28. The van der Waals surface area contributed by atoms with Crippen LogP contribution in [-0.2, 0) is 4.79 Å². The first-order valence-corrected chi connectivity index (χ1v) is 12.6. The number of imidazole rings is 1. The van der Waals surface area contributed by atoms with E-state index < -0.39 is 0 Å². The maximum Gasteiger partial charge on any atom is 0.220 e. The first-order valence-electron chi connectivity index (χ1n) is 12.2.